The molecule has 146 valence electrons. The number of hydrogen-bond acceptors (Lipinski definition) is 6. The highest BCUT2D eigenvalue weighted by Crippen LogP contribution is 2.25. The molecule has 2 aromatic heterocycles. The van der Waals surface area contributed by atoms with Gasteiger partial charge in [0.05, 0.1) is 22.8 Å². The van der Waals surface area contributed by atoms with Gasteiger partial charge in [-0.3, -0.25) is 0 Å². The molecule has 0 radical (unpaired) electrons. The fraction of sp³-hybridized carbons (Fsp3) is 0.333. The summed E-state index contributed by atoms with van der Waals surface area (Å²) in [6.45, 7) is 1.99. The summed E-state index contributed by atoms with van der Waals surface area (Å²) in [6, 6.07) is 9.06. The molecule has 0 N–H and O–H groups in total. The van der Waals surface area contributed by atoms with Crippen LogP contribution in [0.15, 0.2) is 36.5 Å². The Morgan fingerprint density at radius 3 is 2.68 bits per heavy atom. The van der Waals surface area contributed by atoms with E-state index in [-0.39, 0.29) is 11.9 Å². The molecule has 1 aliphatic heterocycles. The first-order valence-electron chi connectivity index (χ1n) is 8.81. The number of aromatic nitrogens is 3. The maximum atomic E-state index is 11.1. The van der Waals surface area contributed by atoms with Crippen LogP contribution in [0.5, 0.6) is 0 Å². The second-order valence-electron chi connectivity index (χ2n) is 6.58. The van der Waals surface area contributed by atoms with E-state index >= 15 is 0 Å². The van der Waals surface area contributed by atoms with E-state index in [1.807, 2.05) is 18.2 Å². The lowest BCUT2D eigenvalue weighted by Crippen LogP contribution is -2.37. The molecule has 3 heterocycles. The van der Waals surface area contributed by atoms with Crippen LogP contribution in [0.25, 0.3) is 5.65 Å². The predicted octanol–water partition coefficient (Wildman–Crippen LogP) is 4.13. The van der Waals surface area contributed by atoms with Crippen LogP contribution in [0, 0.1) is 10.1 Å². The van der Waals surface area contributed by atoms with E-state index in [4.69, 9.17) is 27.9 Å². The van der Waals surface area contributed by atoms with Crippen molar-refractivity contribution >= 4 is 40.5 Å². The molecule has 0 aliphatic carbocycles. The third-order valence-electron chi connectivity index (χ3n) is 4.75. The van der Waals surface area contributed by atoms with Crippen molar-refractivity contribution in [1.82, 2.24) is 14.6 Å². The Morgan fingerprint density at radius 2 is 1.96 bits per heavy atom. The number of nitro groups is 1. The van der Waals surface area contributed by atoms with Crippen LogP contribution in [-0.2, 0) is 11.3 Å². The summed E-state index contributed by atoms with van der Waals surface area (Å²) in [5.41, 5.74) is 1.44. The highest BCUT2D eigenvalue weighted by atomic mass is 35.5. The molecule has 0 bridgehead atoms. The number of rotatable bonds is 5. The van der Waals surface area contributed by atoms with Gasteiger partial charge in [0.25, 0.3) is 0 Å². The van der Waals surface area contributed by atoms with E-state index < -0.39 is 4.92 Å². The maximum absolute atomic E-state index is 11.1. The number of fused-ring (bicyclic) bond motifs is 1. The fourth-order valence-corrected chi connectivity index (χ4v) is 3.56. The van der Waals surface area contributed by atoms with Gasteiger partial charge in [0.15, 0.2) is 5.82 Å². The lowest BCUT2D eigenvalue weighted by atomic mass is 10.1. The highest BCUT2D eigenvalue weighted by molar-refractivity contribution is 6.42. The van der Waals surface area contributed by atoms with Crippen molar-refractivity contribution in [3.63, 3.8) is 0 Å². The van der Waals surface area contributed by atoms with Crippen LogP contribution in [0.3, 0.4) is 0 Å². The zero-order chi connectivity index (χ0) is 19.7. The summed E-state index contributed by atoms with van der Waals surface area (Å²) in [6.07, 6.45) is 3.03. The maximum Gasteiger partial charge on any atom is 0.368 e. The van der Waals surface area contributed by atoms with Gasteiger partial charge < -0.3 is 19.8 Å². The van der Waals surface area contributed by atoms with Gasteiger partial charge in [-0.2, -0.15) is 0 Å². The Kier molecular flexibility index (Phi) is 5.34. The Hall–Kier alpha value is -2.42. The molecule has 0 saturated carbocycles. The average Bonchev–Trinajstić information content (AvgIpc) is 3.13. The average molecular weight is 422 g/mol. The SMILES string of the molecule is O=[N+]([O-])c1cnc2ccc(N3CCC(OCc4ccc(Cl)c(Cl)c4)CC3)nn12. The summed E-state index contributed by atoms with van der Waals surface area (Å²) in [4.78, 5) is 16.7. The number of imidazole rings is 1. The molecule has 3 aromatic rings. The molecule has 8 nitrogen and oxygen atoms in total. The van der Waals surface area contributed by atoms with Crippen molar-refractivity contribution in [3.8, 4) is 0 Å². The van der Waals surface area contributed by atoms with Gasteiger partial charge in [-0.15, -0.1) is 0 Å². The molecule has 1 fully saturated rings. The first-order valence-corrected chi connectivity index (χ1v) is 9.56. The second-order valence-corrected chi connectivity index (χ2v) is 7.40. The lowest BCUT2D eigenvalue weighted by Gasteiger charge is -2.32. The monoisotopic (exact) mass is 421 g/mol. The van der Waals surface area contributed by atoms with Crippen LogP contribution in [0.1, 0.15) is 18.4 Å². The van der Waals surface area contributed by atoms with Gasteiger partial charge >= 0.3 is 5.82 Å². The predicted molar refractivity (Wildman–Crippen MR) is 106 cm³/mol. The molecule has 1 aromatic carbocycles. The Labute approximate surface area is 170 Å². The molecular formula is C18H17Cl2N5O3. The standard InChI is InChI=1S/C18H17Cl2N5O3/c19-14-2-1-12(9-15(14)20)11-28-13-5-7-23(8-6-13)17-4-3-16-21-10-18(25(26)27)24(16)22-17/h1-4,9-10,13H,5-8,11H2. The molecule has 4 rings (SSSR count). The van der Waals surface area contributed by atoms with Crippen LogP contribution in [0.2, 0.25) is 10.0 Å². The number of anilines is 1. The summed E-state index contributed by atoms with van der Waals surface area (Å²) in [7, 11) is 0. The Morgan fingerprint density at radius 1 is 1.18 bits per heavy atom. The summed E-state index contributed by atoms with van der Waals surface area (Å²) >= 11 is 12.0. The van der Waals surface area contributed by atoms with Crippen molar-refractivity contribution in [3.05, 3.63) is 62.3 Å². The van der Waals surface area contributed by atoms with Crippen LogP contribution in [-0.4, -0.2) is 38.7 Å². The summed E-state index contributed by atoms with van der Waals surface area (Å²) in [5, 5.41) is 16.5. The second kappa shape index (κ2) is 7.90. The zero-order valence-corrected chi connectivity index (χ0v) is 16.3. The van der Waals surface area contributed by atoms with Gasteiger partial charge in [0.1, 0.15) is 6.20 Å². The van der Waals surface area contributed by atoms with E-state index in [9.17, 15) is 10.1 Å². The molecule has 0 atom stereocenters. The number of benzene rings is 1. The van der Waals surface area contributed by atoms with Gasteiger partial charge in [0, 0.05) is 19.2 Å². The molecule has 0 spiro atoms. The minimum absolute atomic E-state index is 0.136. The number of halogens is 2. The molecule has 1 aliphatic rings. The molecule has 1 saturated heterocycles. The lowest BCUT2D eigenvalue weighted by molar-refractivity contribution is -0.391. The van der Waals surface area contributed by atoms with Gasteiger partial charge in [-0.1, -0.05) is 38.9 Å². The minimum atomic E-state index is -0.486. The van der Waals surface area contributed by atoms with Gasteiger partial charge in [0.2, 0.25) is 5.65 Å². The number of nitrogens with zero attached hydrogens (tertiary/aromatic N) is 5. The summed E-state index contributed by atoms with van der Waals surface area (Å²) in [5.74, 6) is 0.549. The van der Waals surface area contributed by atoms with Gasteiger partial charge in [-0.05, 0) is 41.5 Å². The van der Waals surface area contributed by atoms with Crippen LogP contribution in [0.4, 0.5) is 11.6 Å². The number of piperidine rings is 1. The topological polar surface area (TPSA) is 85.8 Å². The van der Waals surface area contributed by atoms with E-state index in [2.05, 4.69) is 15.0 Å². The molecule has 0 unspecified atom stereocenters. The third-order valence-corrected chi connectivity index (χ3v) is 5.49. The summed E-state index contributed by atoms with van der Waals surface area (Å²) < 4.78 is 7.27. The Balaban J connectivity index is 1.37. The molecule has 10 heteroatoms. The van der Waals surface area contributed by atoms with E-state index in [0.29, 0.717) is 28.1 Å². The Bertz CT molecular complexity index is 1020. The normalized spacial score (nSPS) is 15.3. The molecular weight excluding hydrogens is 405 g/mol. The van der Waals surface area contributed by atoms with E-state index in [1.165, 1.54) is 10.7 Å². The van der Waals surface area contributed by atoms with Crippen molar-refractivity contribution in [1.29, 1.82) is 0 Å². The number of ether oxygens (including phenoxy) is 1. The first-order chi connectivity index (χ1) is 13.5. The largest absolute Gasteiger partial charge is 0.373 e. The minimum Gasteiger partial charge on any atom is -0.373 e. The third kappa shape index (κ3) is 3.89. The van der Waals surface area contributed by atoms with Crippen LogP contribution >= 0.6 is 23.2 Å². The zero-order valence-electron chi connectivity index (χ0n) is 14.8. The smallest absolute Gasteiger partial charge is 0.368 e. The quantitative estimate of drug-likeness (QED) is 0.454. The van der Waals surface area contributed by atoms with Crippen molar-refractivity contribution in [2.75, 3.05) is 18.0 Å². The van der Waals surface area contributed by atoms with E-state index in [0.717, 1.165) is 31.5 Å². The highest BCUT2D eigenvalue weighted by Gasteiger charge is 2.23. The van der Waals surface area contributed by atoms with Gasteiger partial charge in [-0.25, -0.2) is 4.98 Å². The van der Waals surface area contributed by atoms with Crippen molar-refractivity contribution in [2.45, 2.75) is 25.6 Å². The van der Waals surface area contributed by atoms with Crippen molar-refractivity contribution < 1.29 is 9.66 Å². The fourth-order valence-electron chi connectivity index (χ4n) is 3.24. The van der Waals surface area contributed by atoms with Crippen molar-refractivity contribution in [2.24, 2.45) is 0 Å². The molecule has 0 amide bonds. The number of hydrogen-bond donors (Lipinski definition) is 0. The molecule has 28 heavy (non-hydrogen) atoms. The van der Waals surface area contributed by atoms with Crippen LogP contribution < -0.4 is 4.90 Å². The first kappa shape index (κ1) is 18.9. The van der Waals surface area contributed by atoms with E-state index in [1.54, 1.807) is 12.1 Å².